The van der Waals surface area contributed by atoms with Crippen LogP contribution in [0.25, 0.3) is 0 Å². The number of rotatable bonds is 11. The zero-order valence-corrected chi connectivity index (χ0v) is 26.5. The van der Waals surface area contributed by atoms with Crippen molar-refractivity contribution in [1.29, 1.82) is 0 Å². The molecule has 11 heteroatoms. The van der Waals surface area contributed by atoms with E-state index in [1.165, 1.54) is 38.5 Å². The van der Waals surface area contributed by atoms with Crippen molar-refractivity contribution in [2.75, 3.05) is 46.9 Å². The molecule has 0 aromatic heterocycles. The standard InChI is InChI=1S/C32H51FN4O6/c1-32(2,3)43-31(40)36(4)22-27(19-23-11-7-6-8-12-23)35-29(38)37-17-10-14-25(21-37)28(24-13-9-15-26(33)20-24)42-18-16-34-30(39)41-5/h9,13,15,20,23,25,27-28H,6-8,10-12,14,16-19,21-22H2,1-5H3,(H,34,39)(H,35,38). The number of halogens is 1. The number of amides is 4. The lowest BCUT2D eigenvalue weighted by Gasteiger charge is -2.38. The summed E-state index contributed by atoms with van der Waals surface area (Å²) in [6, 6.07) is 5.94. The first-order valence-corrected chi connectivity index (χ1v) is 15.6. The van der Waals surface area contributed by atoms with E-state index < -0.39 is 23.9 Å². The number of urea groups is 1. The lowest BCUT2D eigenvalue weighted by atomic mass is 9.84. The van der Waals surface area contributed by atoms with Gasteiger partial charge in [0.05, 0.1) is 19.8 Å². The van der Waals surface area contributed by atoms with E-state index >= 15 is 0 Å². The molecule has 3 unspecified atom stereocenters. The molecule has 1 aliphatic carbocycles. The number of nitrogens with zero attached hydrogens (tertiary/aromatic N) is 2. The third-order valence-corrected chi connectivity index (χ3v) is 8.07. The van der Waals surface area contributed by atoms with Crippen LogP contribution in [0.1, 0.15) is 83.8 Å². The predicted molar refractivity (Wildman–Crippen MR) is 162 cm³/mol. The van der Waals surface area contributed by atoms with Crippen molar-refractivity contribution in [1.82, 2.24) is 20.4 Å². The van der Waals surface area contributed by atoms with Gasteiger partial charge >= 0.3 is 18.2 Å². The molecule has 1 heterocycles. The van der Waals surface area contributed by atoms with E-state index in [2.05, 4.69) is 15.4 Å². The normalized spacial score (nSPS) is 19.2. The number of alkyl carbamates (subject to hydrolysis) is 1. The Hall–Kier alpha value is -3.08. The molecule has 0 radical (unpaired) electrons. The molecule has 4 amide bonds. The molecule has 10 nitrogen and oxygen atoms in total. The Morgan fingerprint density at radius 2 is 1.86 bits per heavy atom. The molecule has 2 N–H and O–H groups in total. The monoisotopic (exact) mass is 606 g/mol. The molecule has 1 aliphatic heterocycles. The molecule has 1 aromatic carbocycles. The van der Waals surface area contributed by atoms with Gasteiger partial charge in [0.1, 0.15) is 11.4 Å². The number of benzene rings is 1. The maximum atomic E-state index is 14.2. The highest BCUT2D eigenvalue weighted by Gasteiger charge is 2.33. The molecule has 242 valence electrons. The number of hydrogen-bond donors (Lipinski definition) is 2. The van der Waals surface area contributed by atoms with Crippen molar-refractivity contribution in [3.63, 3.8) is 0 Å². The van der Waals surface area contributed by atoms with Gasteiger partial charge in [0.2, 0.25) is 0 Å². The maximum Gasteiger partial charge on any atom is 0.410 e. The van der Waals surface area contributed by atoms with Crippen LogP contribution in [0, 0.1) is 17.7 Å². The quantitative estimate of drug-likeness (QED) is 0.305. The summed E-state index contributed by atoms with van der Waals surface area (Å²) >= 11 is 0. The van der Waals surface area contributed by atoms with Crippen LogP contribution in [0.4, 0.5) is 18.8 Å². The minimum Gasteiger partial charge on any atom is -0.453 e. The number of likely N-dealkylation sites (tertiary alicyclic amines) is 1. The number of hydrogen-bond acceptors (Lipinski definition) is 6. The first kappa shape index (κ1) is 34.4. The molecule has 1 saturated heterocycles. The van der Waals surface area contributed by atoms with Gasteiger partial charge < -0.3 is 34.6 Å². The molecule has 0 spiro atoms. The zero-order chi connectivity index (χ0) is 31.4. The Bertz CT molecular complexity index is 1040. The van der Waals surface area contributed by atoms with E-state index in [9.17, 15) is 18.8 Å². The number of piperidine rings is 1. The summed E-state index contributed by atoms with van der Waals surface area (Å²) in [6.45, 7) is 7.35. The fourth-order valence-electron chi connectivity index (χ4n) is 6.06. The average molecular weight is 607 g/mol. The summed E-state index contributed by atoms with van der Waals surface area (Å²) in [6.07, 6.45) is 6.86. The van der Waals surface area contributed by atoms with E-state index in [-0.39, 0.29) is 37.0 Å². The number of nitrogens with one attached hydrogen (secondary N) is 2. The summed E-state index contributed by atoms with van der Waals surface area (Å²) < 4.78 is 30.6. The van der Waals surface area contributed by atoms with Crippen molar-refractivity contribution in [3.8, 4) is 0 Å². The number of methoxy groups -OCH3 is 1. The van der Waals surface area contributed by atoms with Crippen LogP contribution in [-0.2, 0) is 14.2 Å². The zero-order valence-electron chi connectivity index (χ0n) is 26.5. The van der Waals surface area contributed by atoms with E-state index in [1.54, 1.807) is 22.9 Å². The smallest absolute Gasteiger partial charge is 0.410 e. The molecule has 1 saturated carbocycles. The summed E-state index contributed by atoms with van der Waals surface area (Å²) in [5, 5.41) is 5.84. The van der Waals surface area contributed by atoms with Gasteiger partial charge in [-0.2, -0.15) is 0 Å². The van der Waals surface area contributed by atoms with E-state index in [1.807, 2.05) is 26.8 Å². The lowest BCUT2D eigenvalue weighted by molar-refractivity contribution is -0.00894. The third-order valence-electron chi connectivity index (χ3n) is 8.07. The first-order valence-electron chi connectivity index (χ1n) is 15.6. The van der Waals surface area contributed by atoms with Gasteiger partial charge in [-0.1, -0.05) is 44.2 Å². The van der Waals surface area contributed by atoms with E-state index in [0.29, 0.717) is 31.1 Å². The number of carbonyl (C=O) groups is 3. The van der Waals surface area contributed by atoms with Crippen LogP contribution >= 0.6 is 0 Å². The summed E-state index contributed by atoms with van der Waals surface area (Å²) in [5.41, 5.74) is 0.0887. The molecule has 3 rings (SSSR count). The number of carbonyl (C=O) groups excluding carboxylic acids is 3. The molecule has 0 bridgehead atoms. The van der Waals surface area contributed by atoms with Gasteiger partial charge in [-0.15, -0.1) is 0 Å². The van der Waals surface area contributed by atoms with Crippen LogP contribution in [0.15, 0.2) is 24.3 Å². The SMILES string of the molecule is COC(=O)NCCOC(c1cccc(F)c1)C1CCCN(C(=O)NC(CC2CCCCC2)CN(C)C(=O)OC(C)(C)C)C1. The van der Waals surface area contributed by atoms with Crippen molar-refractivity contribution < 1.29 is 33.0 Å². The molecule has 1 aromatic rings. The highest BCUT2D eigenvalue weighted by Crippen LogP contribution is 2.33. The fourth-order valence-corrected chi connectivity index (χ4v) is 6.06. The van der Waals surface area contributed by atoms with Gasteiger partial charge in [-0.05, 0) is 63.6 Å². The molecular formula is C32H51FN4O6. The van der Waals surface area contributed by atoms with Gasteiger partial charge in [-0.25, -0.2) is 18.8 Å². The molecule has 2 aliphatic rings. The second-order valence-electron chi connectivity index (χ2n) is 12.9. The third kappa shape index (κ3) is 11.8. The van der Waals surface area contributed by atoms with Crippen molar-refractivity contribution in [3.05, 3.63) is 35.6 Å². The second-order valence-corrected chi connectivity index (χ2v) is 12.9. The summed E-state index contributed by atoms with van der Waals surface area (Å²) in [4.78, 5) is 41.2. The average Bonchev–Trinajstić information content (AvgIpc) is 2.96. The molecule has 2 fully saturated rings. The predicted octanol–water partition coefficient (Wildman–Crippen LogP) is 5.87. The first-order chi connectivity index (χ1) is 20.4. The lowest BCUT2D eigenvalue weighted by Crippen LogP contribution is -2.53. The van der Waals surface area contributed by atoms with Crippen molar-refractivity contribution >= 4 is 18.2 Å². The van der Waals surface area contributed by atoms with Gasteiger partial charge in [-0.3, -0.25) is 0 Å². The Kier molecular flexibility index (Phi) is 13.3. The minimum atomic E-state index is -0.605. The highest BCUT2D eigenvalue weighted by atomic mass is 19.1. The highest BCUT2D eigenvalue weighted by molar-refractivity contribution is 5.75. The van der Waals surface area contributed by atoms with E-state index in [4.69, 9.17) is 9.47 Å². The Morgan fingerprint density at radius 3 is 2.53 bits per heavy atom. The molecule has 3 atom stereocenters. The van der Waals surface area contributed by atoms with Gasteiger partial charge in [0.25, 0.3) is 0 Å². The van der Waals surface area contributed by atoms with Crippen LogP contribution in [0.2, 0.25) is 0 Å². The van der Waals surface area contributed by atoms with Crippen LogP contribution < -0.4 is 10.6 Å². The van der Waals surface area contributed by atoms with Gasteiger partial charge in [0.15, 0.2) is 0 Å². The molecular weight excluding hydrogens is 555 g/mol. The van der Waals surface area contributed by atoms with Crippen LogP contribution in [-0.4, -0.2) is 86.6 Å². The largest absolute Gasteiger partial charge is 0.453 e. The Balaban J connectivity index is 1.68. The Morgan fingerprint density at radius 1 is 1.12 bits per heavy atom. The minimum absolute atomic E-state index is 0.0688. The second kappa shape index (κ2) is 16.7. The van der Waals surface area contributed by atoms with Crippen LogP contribution in [0.5, 0.6) is 0 Å². The van der Waals surface area contributed by atoms with Crippen LogP contribution in [0.3, 0.4) is 0 Å². The van der Waals surface area contributed by atoms with Crippen molar-refractivity contribution in [2.24, 2.45) is 11.8 Å². The summed E-state index contributed by atoms with van der Waals surface area (Å²) in [7, 11) is 3.00. The topological polar surface area (TPSA) is 109 Å². The van der Waals surface area contributed by atoms with Gasteiger partial charge in [0, 0.05) is 45.2 Å². The maximum absolute atomic E-state index is 14.2. The number of ether oxygens (including phenoxy) is 3. The fraction of sp³-hybridized carbons (Fsp3) is 0.719. The number of likely N-dealkylation sites (N-methyl/N-ethyl adjacent to an activating group) is 1. The van der Waals surface area contributed by atoms with E-state index in [0.717, 1.165) is 32.1 Å². The van der Waals surface area contributed by atoms with Crippen molar-refractivity contribution in [2.45, 2.75) is 89.9 Å². The molecule has 43 heavy (non-hydrogen) atoms. The Labute approximate surface area is 256 Å². The summed E-state index contributed by atoms with van der Waals surface area (Å²) in [5.74, 6) is 0.0778.